The lowest BCUT2D eigenvalue weighted by atomic mass is 10.1. The van der Waals surface area contributed by atoms with Gasteiger partial charge in [-0.3, -0.25) is 9.78 Å². The van der Waals surface area contributed by atoms with Gasteiger partial charge in [-0.15, -0.1) is 0 Å². The Morgan fingerprint density at radius 1 is 1.15 bits per heavy atom. The Bertz CT molecular complexity index is 1300. The van der Waals surface area contributed by atoms with Crippen LogP contribution < -0.4 is 4.72 Å². The highest BCUT2D eigenvalue weighted by Crippen LogP contribution is 2.30. The molecule has 6 nitrogen and oxygen atoms in total. The summed E-state index contributed by atoms with van der Waals surface area (Å²) in [6.45, 7) is 0.436. The molecule has 0 aliphatic carbocycles. The largest absolute Gasteiger partial charge is 0.416 e. The van der Waals surface area contributed by atoms with Crippen LogP contribution in [-0.4, -0.2) is 43.3 Å². The zero-order chi connectivity index (χ0) is 23.8. The van der Waals surface area contributed by atoms with Gasteiger partial charge in [0.15, 0.2) is 0 Å². The van der Waals surface area contributed by atoms with E-state index in [4.69, 9.17) is 0 Å². The van der Waals surface area contributed by atoms with Crippen molar-refractivity contribution in [1.82, 2.24) is 14.6 Å². The zero-order valence-corrected chi connectivity index (χ0v) is 19.5. The maximum absolute atomic E-state index is 13.3. The number of nitrogens with zero attached hydrogens (tertiary/aromatic N) is 2. The highest BCUT2D eigenvalue weighted by atomic mass is 79.9. The number of hydrogen-bond donors (Lipinski definition) is 1. The molecule has 174 valence electrons. The fourth-order valence-corrected chi connectivity index (χ4v) is 5.32. The Balaban J connectivity index is 1.50. The second kappa shape index (κ2) is 9.03. The second-order valence-corrected chi connectivity index (χ2v) is 10.4. The minimum Gasteiger partial charge on any atom is -0.334 e. The van der Waals surface area contributed by atoms with Crippen molar-refractivity contribution in [3.8, 4) is 0 Å². The molecule has 2 aromatic carbocycles. The van der Waals surface area contributed by atoms with Crippen molar-refractivity contribution in [3.63, 3.8) is 0 Å². The van der Waals surface area contributed by atoms with Gasteiger partial charge in [0.1, 0.15) is 0 Å². The van der Waals surface area contributed by atoms with Crippen LogP contribution in [0.2, 0.25) is 0 Å². The second-order valence-electron chi connectivity index (χ2n) is 7.69. The van der Waals surface area contributed by atoms with Crippen LogP contribution in [-0.2, 0) is 16.2 Å². The van der Waals surface area contributed by atoms with Crippen LogP contribution in [0, 0.1) is 0 Å². The number of rotatable bonds is 5. The third-order valence-corrected chi connectivity index (χ3v) is 7.51. The predicted octanol–water partition coefficient (Wildman–Crippen LogP) is 4.60. The number of benzene rings is 2. The van der Waals surface area contributed by atoms with E-state index in [1.54, 1.807) is 23.2 Å². The molecule has 33 heavy (non-hydrogen) atoms. The first-order chi connectivity index (χ1) is 15.6. The first-order valence-electron chi connectivity index (χ1n) is 10.1. The van der Waals surface area contributed by atoms with Gasteiger partial charge < -0.3 is 4.90 Å². The fraction of sp³-hybridized carbons (Fsp3) is 0.273. The van der Waals surface area contributed by atoms with E-state index < -0.39 is 21.8 Å². The first-order valence-corrected chi connectivity index (χ1v) is 12.4. The van der Waals surface area contributed by atoms with Gasteiger partial charge in [0.2, 0.25) is 10.0 Å². The van der Waals surface area contributed by atoms with E-state index in [1.165, 1.54) is 0 Å². The van der Waals surface area contributed by atoms with Gasteiger partial charge in [-0.25, -0.2) is 13.1 Å². The lowest BCUT2D eigenvalue weighted by Gasteiger charge is -2.25. The Labute approximate surface area is 197 Å². The van der Waals surface area contributed by atoms with E-state index in [0.717, 1.165) is 28.7 Å². The molecule has 1 saturated heterocycles. The number of pyridine rings is 1. The van der Waals surface area contributed by atoms with Crippen LogP contribution >= 0.6 is 15.9 Å². The van der Waals surface area contributed by atoms with Gasteiger partial charge in [-0.1, -0.05) is 15.9 Å². The maximum atomic E-state index is 13.3. The molecule has 1 unspecified atom stereocenters. The van der Waals surface area contributed by atoms with Gasteiger partial charge in [-0.2, -0.15) is 13.2 Å². The summed E-state index contributed by atoms with van der Waals surface area (Å²) >= 11 is 3.40. The average molecular weight is 542 g/mol. The van der Waals surface area contributed by atoms with Crippen molar-refractivity contribution >= 4 is 42.8 Å². The van der Waals surface area contributed by atoms with Gasteiger partial charge >= 0.3 is 6.18 Å². The highest BCUT2D eigenvalue weighted by Gasteiger charge is 2.33. The van der Waals surface area contributed by atoms with Gasteiger partial charge in [0.25, 0.3) is 5.91 Å². The lowest BCUT2D eigenvalue weighted by molar-refractivity contribution is -0.137. The smallest absolute Gasteiger partial charge is 0.334 e. The van der Waals surface area contributed by atoms with Crippen molar-refractivity contribution in [3.05, 3.63) is 70.3 Å². The molecule has 3 aromatic rings. The van der Waals surface area contributed by atoms with Crippen LogP contribution in [0.4, 0.5) is 13.2 Å². The van der Waals surface area contributed by atoms with E-state index >= 15 is 0 Å². The number of nitrogens with one attached hydrogen (secondary N) is 1. The summed E-state index contributed by atoms with van der Waals surface area (Å²) in [5.41, 5.74) is 0.215. The lowest BCUT2D eigenvalue weighted by Crippen LogP contribution is -2.43. The molecular weight excluding hydrogens is 523 g/mol. The van der Waals surface area contributed by atoms with E-state index in [2.05, 4.69) is 25.6 Å². The van der Waals surface area contributed by atoms with Crippen molar-refractivity contribution in [2.45, 2.75) is 30.0 Å². The van der Waals surface area contributed by atoms with Gasteiger partial charge in [0, 0.05) is 35.2 Å². The normalized spacial score (nSPS) is 17.0. The minimum atomic E-state index is -4.55. The van der Waals surface area contributed by atoms with Crippen molar-refractivity contribution in [2.24, 2.45) is 0 Å². The molecule has 0 bridgehead atoms. The van der Waals surface area contributed by atoms with Crippen molar-refractivity contribution in [2.75, 3.05) is 13.1 Å². The summed E-state index contributed by atoms with van der Waals surface area (Å²) in [5.74, 6) is -0.225. The standard InChI is InChI=1S/C22H19BrF3N3O3S/c23-15-5-8-20-19(12-15)18(9-10-27-20)21(30)29-11-1-2-16(29)13-28-33(31,32)17-6-3-14(4-7-17)22(24,25)26/h3-10,12,16,28H,1-2,11,13H2. The molecule has 1 fully saturated rings. The van der Waals surface area contributed by atoms with Crippen LogP contribution in [0.15, 0.2) is 64.1 Å². The number of likely N-dealkylation sites (tertiary alicyclic amines) is 1. The zero-order valence-electron chi connectivity index (χ0n) is 17.1. The van der Waals surface area contributed by atoms with E-state index in [0.29, 0.717) is 35.9 Å². The number of fused-ring (bicyclic) bond motifs is 1. The Morgan fingerprint density at radius 2 is 1.88 bits per heavy atom. The number of aromatic nitrogens is 1. The summed E-state index contributed by atoms with van der Waals surface area (Å²) in [5, 5.41) is 0.688. The maximum Gasteiger partial charge on any atom is 0.416 e. The molecule has 1 N–H and O–H groups in total. The number of amides is 1. The fourth-order valence-electron chi connectivity index (χ4n) is 3.89. The molecule has 1 aromatic heterocycles. The van der Waals surface area contributed by atoms with Crippen LogP contribution in [0.3, 0.4) is 0 Å². The number of hydrogen-bond acceptors (Lipinski definition) is 4. The summed E-state index contributed by atoms with van der Waals surface area (Å²) in [4.78, 5) is 19.0. The highest BCUT2D eigenvalue weighted by molar-refractivity contribution is 9.10. The Hall–Kier alpha value is -2.50. The number of carbonyl (C=O) groups is 1. The summed E-state index contributed by atoms with van der Waals surface area (Å²) in [6, 6.07) is 10.0. The number of halogens is 4. The quantitative estimate of drug-likeness (QED) is 0.512. The molecule has 4 rings (SSSR count). The molecule has 1 atom stereocenters. The van der Waals surface area contributed by atoms with E-state index in [-0.39, 0.29) is 23.4 Å². The molecule has 11 heteroatoms. The number of alkyl halides is 3. The van der Waals surface area contributed by atoms with Gasteiger partial charge in [0.05, 0.1) is 21.5 Å². The van der Waals surface area contributed by atoms with Crippen molar-refractivity contribution in [1.29, 1.82) is 0 Å². The minimum absolute atomic E-state index is 0.0399. The molecule has 0 saturated carbocycles. The predicted molar refractivity (Wildman–Crippen MR) is 120 cm³/mol. The van der Waals surface area contributed by atoms with Crippen LogP contribution in [0.5, 0.6) is 0 Å². The molecule has 0 spiro atoms. The number of sulfonamides is 1. The molecule has 2 heterocycles. The monoisotopic (exact) mass is 541 g/mol. The van der Waals surface area contributed by atoms with Crippen LogP contribution in [0.1, 0.15) is 28.8 Å². The SMILES string of the molecule is O=C(c1ccnc2ccc(Br)cc12)N1CCCC1CNS(=O)(=O)c1ccc(C(F)(F)F)cc1. The van der Waals surface area contributed by atoms with Crippen LogP contribution in [0.25, 0.3) is 10.9 Å². The summed E-state index contributed by atoms with van der Waals surface area (Å²) < 4.78 is 66.7. The third-order valence-electron chi connectivity index (χ3n) is 5.57. The topological polar surface area (TPSA) is 79.4 Å². The Morgan fingerprint density at radius 3 is 2.58 bits per heavy atom. The summed E-state index contributed by atoms with van der Waals surface area (Å²) in [6.07, 6.45) is -1.67. The molecule has 1 aliphatic heterocycles. The van der Waals surface area contributed by atoms with Crippen molar-refractivity contribution < 1.29 is 26.4 Å². The van der Waals surface area contributed by atoms with E-state index in [1.807, 2.05) is 12.1 Å². The first kappa shape index (κ1) is 23.7. The molecule has 0 radical (unpaired) electrons. The number of carbonyl (C=O) groups excluding carboxylic acids is 1. The van der Waals surface area contributed by atoms with E-state index in [9.17, 15) is 26.4 Å². The average Bonchev–Trinajstić information content (AvgIpc) is 3.25. The molecular formula is C22H19BrF3N3O3S. The molecule has 1 aliphatic rings. The summed E-state index contributed by atoms with van der Waals surface area (Å²) in [7, 11) is -4.04. The van der Waals surface area contributed by atoms with Gasteiger partial charge in [-0.05, 0) is 61.4 Å². The third kappa shape index (κ3) is 5.04. The molecule has 1 amide bonds. The Kier molecular flexibility index (Phi) is 6.47.